The average molecular weight is 306 g/mol. The summed E-state index contributed by atoms with van der Waals surface area (Å²) in [5, 5.41) is 3.34. The first-order valence-corrected chi connectivity index (χ1v) is 8.95. The molecular formula is C17H26N2OS. The van der Waals surface area contributed by atoms with E-state index in [-0.39, 0.29) is 11.9 Å². The molecule has 0 aliphatic carbocycles. The van der Waals surface area contributed by atoms with Crippen molar-refractivity contribution < 1.29 is 4.79 Å². The highest BCUT2D eigenvalue weighted by molar-refractivity contribution is 7.98. The van der Waals surface area contributed by atoms with Crippen molar-refractivity contribution >= 4 is 17.7 Å². The number of nitrogens with zero attached hydrogens (tertiary/aromatic N) is 1. The fraction of sp³-hybridized carbons (Fsp3) is 0.588. The van der Waals surface area contributed by atoms with Gasteiger partial charge in [-0.15, -0.1) is 11.8 Å². The molecule has 1 amide bonds. The van der Waals surface area contributed by atoms with Crippen molar-refractivity contribution in [1.29, 1.82) is 0 Å². The molecule has 1 saturated heterocycles. The van der Waals surface area contributed by atoms with Crippen LogP contribution in [0.1, 0.15) is 32.3 Å². The van der Waals surface area contributed by atoms with E-state index in [0.29, 0.717) is 18.9 Å². The van der Waals surface area contributed by atoms with E-state index < -0.39 is 0 Å². The summed E-state index contributed by atoms with van der Waals surface area (Å²) in [4.78, 5) is 15.9. The van der Waals surface area contributed by atoms with Gasteiger partial charge in [-0.25, -0.2) is 0 Å². The first-order chi connectivity index (χ1) is 10.1. The lowest BCUT2D eigenvalue weighted by atomic mass is 10.0. The summed E-state index contributed by atoms with van der Waals surface area (Å²) >= 11 is 1.74. The minimum absolute atomic E-state index is 0.241. The predicted octanol–water partition coefficient (Wildman–Crippen LogP) is 3.15. The van der Waals surface area contributed by atoms with Crippen LogP contribution in [-0.2, 0) is 11.3 Å². The van der Waals surface area contributed by atoms with Crippen LogP contribution in [0.2, 0.25) is 0 Å². The van der Waals surface area contributed by atoms with Crippen molar-refractivity contribution in [3.8, 4) is 0 Å². The zero-order chi connectivity index (χ0) is 15.2. The second kappa shape index (κ2) is 7.85. The van der Waals surface area contributed by atoms with Crippen LogP contribution in [0.3, 0.4) is 0 Å². The number of thioether (sulfide) groups is 1. The zero-order valence-corrected chi connectivity index (χ0v) is 14.1. The number of carbonyl (C=O) groups excluding carboxylic acids is 1. The van der Waals surface area contributed by atoms with Crippen LogP contribution >= 0.6 is 11.8 Å². The Morgan fingerprint density at radius 3 is 2.90 bits per heavy atom. The molecule has 1 aliphatic rings. The third kappa shape index (κ3) is 4.75. The molecule has 4 heteroatoms. The van der Waals surface area contributed by atoms with Gasteiger partial charge in [0.2, 0.25) is 5.91 Å². The summed E-state index contributed by atoms with van der Waals surface area (Å²) in [6.07, 6.45) is 3.88. The molecule has 1 fully saturated rings. The van der Waals surface area contributed by atoms with E-state index in [1.165, 1.54) is 10.5 Å². The Kier molecular flexibility index (Phi) is 6.12. The second-order valence-corrected chi connectivity index (χ2v) is 6.91. The normalized spacial score (nSPS) is 18.2. The number of benzene rings is 1. The lowest BCUT2D eigenvalue weighted by Gasteiger charge is -2.28. The summed E-state index contributed by atoms with van der Waals surface area (Å²) < 4.78 is 0. The minimum Gasteiger partial charge on any atom is -0.336 e. The molecule has 21 heavy (non-hydrogen) atoms. The molecule has 0 saturated carbocycles. The van der Waals surface area contributed by atoms with Crippen LogP contribution in [0, 0.1) is 5.92 Å². The summed E-state index contributed by atoms with van der Waals surface area (Å²) in [7, 11) is 0. The summed E-state index contributed by atoms with van der Waals surface area (Å²) in [5.74, 6) is 0.796. The molecule has 1 aromatic rings. The Labute approximate surface area is 132 Å². The van der Waals surface area contributed by atoms with Crippen molar-refractivity contribution in [3.05, 3.63) is 29.8 Å². The highest BCUT2D eigenvalue weighted by atomic mass is 32.2. The Hall–Kier alpha value is -1.00. The van der Waals surface area contributed by atoms with E-state index in [1.807, 2.05) is 4.90 Å². The molecule has 3 nitrogen and oxygen atoms in total. The van der Waals surface area contributed by atoms with Gasteiger partial charge in [-0.05, 0) is 63.2 Å². The number of hydrogen-bond donors (Lipinski definition) is 1. The molecule has 1 heterocycles. The van der Waals surface area contributed by atoms with E-state index in [4.69, 9.17) is 0 Å². The van der Waals surface area contributed by atoms with E-state index in [9.17, 15) is 4.79 Å². The Morgan fingerprint density at radius 1 is 1.48 bits per heavy atom. The highest BCUT2D eigenvalue weighted by Crippen LogP contribution is 2.20. The second-order valence-electron chi connectivity index (χ2n) is 6.03. The Balaban J connectivity index is 2.01. The number of amides is 1. The number of rotatable bonds is 6. The van der Waals surface area contributed by atoms with Gasteiger partial charge in [0, 0.05) is 23.9 Å². The van der Waals surface area contributed by atoms with Gasteiger partial charge in [0.15, 0.2) is 0 Å². The molecule has 0 unspecified atom stereocenters. The molecule has 1 aliphatic heterocycles. The van der Waals surface area contributed by atoms with Crippen LogP contribution in [-0.4, -0.2) is 36.2 Å². The monoisotopic (exact) mass is 306 g/mol. The quantitative estimate of drug-likeness (QED) is 0.820. The van der Waals surface area contributed by atoms with E-state index in [2.05, 4.69) is 49.7 Å². The maximum atomic E-state index is 12.6. The van der Waals surface area contributed by atoms with Crippen LogP contribution in [0.25, 0.3) is 0 Å². The van der Waals surface area contributed by atoms with Gasteiger partial charge in [0.1, 0.15) is 0 Å². The van der Waals surface area contributed by atoms with Gasteiger partial charge in [0.25, 0.3) is 0 Å². The Morgan fingerprint density at radius 2 is 2.29 bits per heavy atom. The Bertz CT molecular complexity index is 470. The highest BCUT2D eigenvalue weighted by Gasteiger charge is 2.23. The van der Waals surface area contributed by atoms with Crippen LogP contribution in [0.4, 0.5) is 0 Å². The standard InChI is InChI=1S/C17H26N2OS/c1-13(2)19(17(20)10-14-7-8-18-11-14)12-15-5-4-6-16(9-15)21-3/h4-6,9,13-14,18H,7-8,10-12H2,1-3H3/t14-/m1/s1. The zero-order valence-electron chi connectivity index (χ0n) is 13.3. The van der Waals surface area contributed by atoms with Gasteiger partial charge < -0.3 is 10.2 Å². The molecular weight excluding hydrogens is 280 g/mol. The molecule has 116 valence electrons. The molecule has 1 aromatic carbocycles. The van der Waals surface area contributed by atoms with Crippen LogP contribution in [0.5, 0.6) is 0 Å². The van der Waals surface area contributed by atoms with E-state index in [0.717, 1.165) is 19.5 Å². The summed E-state index contributed by atoms with van der Waals surface area (Å²) in [6, 6.07) is 8.72. The van der Waals surface area contributed by atoms with Crippen molar-refractivity contribution in [1.82, 2.24) is 10.2 Å². The van der Waals surface area contributed by atoms with E-state index >= 15 is 0 Å². The lowest BCUT2D eigenvalue weighted by Crippen LogP contribution is -2.37. The fourth-order valence-electron chi connectivity index (χ4n) is 2.78. The molecule has 0 aromatic heterocycles. The van der Waals surface area contributed by atoms with Gasteiger partial charge in [-0.3, -0.25) is 4.79 Å². The van der Waals surface area contributed by atoms with Gasteiger partial charge in [-0.2, -0.15) is 0 Å². The van der Waals surface area contributed by atoms with E-state index in [1.54, 1.807) is 11.8 Å². The molecule has 1 atom stereocenters. The number of hydrogen-bond acceptors (Lipinski definition) is 3. The topological polar surface area (TPSA) is 32.3 Å². The molecule has 0 radical (unpaired) electrons. The number of nitrogens with one attached hydrogen (secondary N) is 1. The van der Waals surface area contributed by atoms with Crippen LogP contribution in [0.15, 0.2) is 29.2 Å². The summed E-state index contributed by atoms with van der Waals surface area (Å²) in [5.41, 5.74) is 1.22. The third-order valence-corrected chi connectivity index (χ3v) is 4.78. The lowest BCUT2D eigenvalue weighted by molar-refractivity contribution is -0.134. The largest absolute Gasteiger partial charge is 0.336 e. The average Bonchev–Trinajstić information content (AvgIpc) is 2.97. The smallest absolute Gasteiger partial charge is 0.223 e. The maximum Gasteiger partial charge on any atom is 0.223 e. The van der Waals surface area contributed by atoms with Crippen LogP contribution < -0.4 is 5.32 Å². The van der Waals surface area contributed by atoms with Crippen molar-refractivity contribution in [3.63, 3.8) is 0 Å². The van der Waals surface area contributed by atoms with Crippen molar-refractivity contribution in [2.24, 2.45) is 5.92 Å². The SMILES string of the molecule is CSc1cccc(CN(C(=O)C[C@H]2CCNC2)C(C)C)c1. The minimum atomic E-state index is 0.241. The molecule has 1 N–H and O–H groups in total. The molecule has 2 rings (SSSR count). The first kappa shape index (κ1) is 16.4. The predicted molar refractivity (Wildman–Crippen MR) is 89.5 cm³/mol. The van der Waals surface area contributed by atoms with Crippen molar-refractivity contribution in [2.75, 3.05) is 19.3 Å². The summed E-state index contributed by atoms with van der Waals surface area (Å²) in [6.45, 7) is 6.95. The van der Waals surface area contributed by atoms with Gasteiger partial charge in [-0.1, -0.05) is 12.1 Å². The van der Waals surface area contributed by atoms with Gasteiger partial charge >= 0.3 is 0 Å². The molecule has 0 spiro atoms. The maximum absolute atomic E-state index is 12.6. The molecule has 0 bridgehead atoms. The third-order valence-electron chi connectivity index (χ3n) is 4.06. The van der Waals surface area contributed by atoms with Crippen molar-refractivity contribution in [2.45, 2.75) is 44.2 Å². The first-order valence-electron chi connectivity index (χ1n) is 7.73. The van der Waals surface area contributed by atoms with Gasteiger partial charge in [0.05, 0.1) is 0 Å². The number of carbonyl (C=O) groups is 1. The fourth-order valence-corrected chi connectivity index (χ4v) is 3.26.